The largest absolute Gasteiger partial charge is 0.418 e. The molecule has 1 rings (SSSR count). The van der Waals surface area contributed by atoms with Gasteiger partial charge in [0.25, 0.3) is 10.1 Å². The lowest BCUT2D eigenvalue weighted by Crippen LogP contribution is -2.14. The van der Waals surface area contributed by atoms with Crippen LogP contribution in [0.2, 0.25) is 0 Å². The van der Waals surface area contributed by atoms with Crippen LogP contribution in [0, 0.1) is 6.92 Å². The summed E-state index contributed by atoms with van der Waals surface area (Å²) in [7, 11) is -4.86. The highest BCUT2D eigenvalue weighted by molar-refractivity contribution is 7.85. The van der Waals surface area contributed by atoms with Crippen LogP contribution in [-0.2, 0) is 16.3 Å². The molecule has 0 fully saturated rings. The van der Waals surface area contributed by atoms with Crippen molar-refractivity contribution in [2.45, 2.75) is 18.0 Å². The molecule has 1 aromatic carbocycles. The fourth-order valence-corrected chi connectivity index (χ4v) is 2.00. The van der Waals surface area contributed by atoms with Gasteiger partial charge in [-0.15, -0.1) is 0 Å². The molecule has 0 aliphatic carbocycles. The maximum absolute atomic E-state index is 12.5. The topological polar surface area (TPSA) is 54.4 Å². The van der Waals surface area contributed by atoms with Crippen molar-refractivity contribution in [3.05, 3.63) is 29.3 Å². The van der Waals surface area contributed by atoms with Gasteiger partial charge in [-0.2, -0.15) is 21.6 Å². The molecule has 0 aliphatic rings. The highest BCUT2D eigenvalue weighted by Crippen LogP contribution is 2.36. The summed E-state index contributed by atoms with van der Waals surface area (Å²) in [5.41, 5.74) is -1.58. The van der Waals surface area contributed by atoms with E-state index in [0.717, 1.165) is 19.1 Å². The molecule has 0 spiro atoms. The highest BCUT2D eigenvalue weighted by Gasteiger charge is 2.38. The SMILES string of the molecule is Cc1cccc(S(=O)(=O)O)c1C(F)(F)F. The van der Waals surface area contributed by atoms with E-state index in [1.165, 1.54) is 0 Å². The first-order chi connectivity index (χ1) is 6.64. The van der Waals surface area contributed by atoms with Gasteiger partial charge < -0.3 is 0 Å². The molecule has 15 heavy (non-hydrogen) atoms. The first kappa shape index (κ1) is 12.0. The van der Waals surface area contributed by atoms with Gasteiger partial charge in [0, 0.05) is 0 Å². The quantitative estimate of drug-likeness (QED) is 0.766. The zero-order valence-electron chi connectivity index (χ0n) is 7.54. The van der Waals surface area contributed by atoms with Crippen molar-refractivity contribution in [1.82, 2.24) is 0 Å². The number of benzene rings is 1. The third kappa shape index (κ3) is 2.48. The van der Waals surface area contributed by atoms with E-state index >= 15 is 0 Å². The smallest absolute Gasteiger partial charge is 0.282 e. The second-order valence-electron chi connectivity index (χ2n) is 2.92. The minimum Gasteiger partial charge on any atom is -0.282 e. The van der Waals surface area contributed by atoms with Crippen LogP contribution in [0.25, 0.3) is 0 Å². The molecule has 0 atom stereocenters. The Hall–Kier alpha value is -1.08. The normalized spacial score (nSPS) is 12.9. The maximum Gasteiger partial charge on any atom is 0.418 e. The zero-order valence-corrected chi connectivity index (χ0v) is 8.35. The molecule has 0 saturated carbocycles. The van der Waals surface area contributed by atoms with Crippen molar-refractivity contribution in [2.24, 2.45) is 0 Å². The molecular formula is C8H7F3O3S. The molecule has 0 saturated heterocycles. The number of rotatable bonds is 1. The van der Waals surface area contributed by atoms with Crippen LogP contribution in [-0.4, -0.2) is 13.0 Å². The lowest BCUT2D eigenvalue weighted by molar-refractivity contribution is -0.140. The van der Waals surface area contributed by atoms with Crippen molar-refractivity contribution in [3.63, 3.8) is 0 Å². The Kier molecular flexibility index (Phi) is 2.79. The van der Waals surface area contributed by atoms with Crippen LogP contribution in [0.15, 0.2) is 23.1 Å². The van der Waals surface area contributed by atoms with Gasteiger partial charge in [0.2, 0.25) is 0 Å². The van der Waals surface area contributed by atoms with Gasteiger partial charge >= 0.3 is 6.18 Å². The van der Waals surface area contributed by atoms with Gasteiger partial charge in [0.15, 0.2) is 0 Å². The van der Waals surface area contributed by atoms with Crippen LogP contribution in [0.1, 0.15) is 11.1 Å². The van der Waals surface area contributed by atoms with Crippen LogP contribution >= 0.6 is 0 Å². The van der Waals surface area contributed by atoms with Gasteiger partial charge in [-0.05, 0) is 18.6 Å². The van der Waals surface area contributed by atoms with Gasteiger partial charge in [0.05, 0.1) is 5.56 Å². The van der Waals surface area contributed by atoms with Crippen molar-refractivity contribution in [1.29, 1.82) is 0 Å². The van der Waals surface area contributed by atoms with Gasteiger partial charge in [0.1, 0.15) is 4.90 Å². The van der Waals surface area contributed by atoms with E-state index in [-0.39, 0.29) is 5.56 Å². The summed E-state index contributed by atoms with van der Waals surface area (Å²) in [6, 6.07) is 2.97. The van der Waals surface area contributed by atoms with Gasteiger partial charge in [-0.25, -0.2) is 0 Å². The third-order valence-corrected chi connectivity index (χ3v) is 2.69. The minimum absolute atomic E-state index is 0.252. The summed E-state index contributed by atoms with van der Waals surface area (Å²) in [4.78, 5) is -1.12. The molecule has 1 aromatic rings. The molecule has 0 aliphatic heterocycles. The second kappa shape index (κ2) is 3.49. The fraction of sp³-hybridized carbons (Fsp3) is 0.250. The molecule has 0 bridgehead atoms. The molecule has 0 aromatic heterocycles. The molecule has 84 valence electrons. The number of halogens is 3. The molecule has 3 nitrogen and oxygen atoms in total. The van der Waals surface area contributed by atoms with Crippen molar-refractivity contribution >= 4 is 10.1 Å². The highest BCUT2D eigenvalue weighted by atomic mass is 32.2. The van der Waals surface area contributed by atoms with Crippen LogP contribution < -0.4 is 0 Å². The Morgan fingerprint density at radius 3 is 2.13 bits per heavy atom. The first-order valence-electron chi connectivity index (χ1n) is 3.78. The molecule has 0 unspecified atom stereocenters. The Morgan fingerprint density at radius 2 is 1.80 bits per heavy atom. The van der Waals surface area contributed by atoms with Crippen molar-refractivity contribution < 1.29 is 26.1 Å². The summed E-state index contributed by atoms with van der Waals surface area (Å²) in [5.74, 6) is 0. The number of hydrogen-bond donors (Lipinski definition) is 1. The Balaban J connectivity index is 3.63. The monoisotopic (exact) mass is 240 g/mol. The lowest BCUT2D eigenvalue weighted by Gasteiger charge is -2.13. The Morgan fingerprint density at radius 1 is 1.27 bits per heavy atom. The minimum atomic E-state index is -4.86. The molecular weight excluding hydrogens is 233 g/mol. The summed E-state index contributed by atoms with van der Waals surface area (Å²) in [6.07, 6.45) is -4.81. The zero-order chi connectivity index (χ0) is 11.9. The standard InChI is InChI=1S/C8H7F3O3S/c1-5-3-2-4-6(15(12,13)14)7(5)8(9,10)11/h2-4H,1H3,(H,12,13,14). The van der Waals surface area contributed by atoms with E-state index in [2.05, 4.69) is 0 Å². The summed E-state index contributed by atoms with van der Waals surface area (Å²) in [6.45, 7) is 1.12. The lowest BCUT2D eigenvalue weighted by atomic mass is 10.1. The number of aryl methyl sites for hydroxylation is 1. The molecule has 7 heteroatoms. The Bertz CT molecular complexity index is 476. The van der Waals surface area contributed by atoms with E-state index in [0.29, 0.717) is 6.07 Å². The summed E-state index contributed by atoms with van der Waals surface area (Å²) in [5, 5.41) is 0. The fourth-order valence-electron chi connectivity index (χ4n) is 1.22. The molecule has 0 heterocycles. The number of alkyl halides is 3. The van der Waals surface area contributed by atoms with E-state index in [1.54, 1.807) is 0 Å². The predicted molar refractivity (Wildman–Crippen MR) is 46.0 cm³/mol. The van der Waals surface area contributed by atoms with Crippen LogP contribution in [0.4, 0.5) is 13.2 Å². The number of hydrogen-bond acceptors (Lipinski definition) is 2. The summed E-state index contributed by atoms with van der Waals surface area (Å²) >= 11 is 0. The average Bonchev–Trinajstić information content (AvgIpc) is 1.99. The van der Waals surface area contributed by atoms with Crippen LogP contribution in [0.3, 0.4) is 0 Å². The maximum atomic E-state index is 12.5. The summed E-state index contributed by atoms with van der Waals surface area (Å²) < 4.78 is 67.4. The van der Waals surface area contributed by atoms with Crippen molar-refractivity contribution in [2.75, 3.05) is 0 Å². The average molecular weight is 240 g/mol. The first-order valence-corrected chi connectivity index (χ1v) is 5.22. The van der Waals surface area contributed by atoms with E-state index in [1.807, 2.05) is 0 Å². The molecule has 1 N–H and O–H groups in total. The predicted octanol–water partition coefficient (Wildman–Crippen LogP) is 2.26. The van der Waals surface area contributed by atoms with Gasteiger partial charge in [-0.1, -0.05) is 12.1 Å². The van der Waals surface area contributed by atoms with Crippen molar-refractivity contribution in [3.8, 4) is 0 Å². The third-order valence-electron chi connectivity index (χ3n) is 1.80. The van der Waals surface area contributed by atoms with E-state index in [9.17, 15) is 21.6 Å². The molecule has 0 radical (unpaired) electrons. The van der Waals surface area contributed by atoms with Gasteiger partial charge in [-0.3, -0.25) is 4.55 Å². The van der Waals surface area contributed by atoms with E-state index < -0.39 is 26.8 Å². The molecule has 0 amide bonds. The Labute approximate surface area is 84.3 Å². The van der Waals surface area contributed by atoms with E-state index in [4.69, 9.17) is 4.55 Å². The van der Waals surface area contributed by atoms with Crippen LogP contribution in [0.5, 0.6) is 0 Å². The second-order valence-corrected chi connectivity index (χ2v) is 4.31.